The Bertz CT molecular complexity index is 958. The predicted molar refractivity (Wildman–Crippen MR) is 123 cm³/mol. The van der Waals surface area contributed by atoms with Gasteiger partial charge in [-0.05, 0) is 42.5 Å². The van der Waals surface area contributed by atoms with Gasteiger partial charge in [0.25, 0.3) is 5.91 Å². The van der Waals surface area contributed by atoms with E-state index in [0.717, 1.165) is 50.2 Å². The molecule has 2 aliphatic rings. The maximum absolute atomic E-state index is 12.8. The molecule has 0 saturated carbocycles. The van der Waals surface area contributed by atoms with Crippen LogP contribution in [0.15, 0.2) is 34.7 Å². The Morgan fingerprint density at radius 1 is 1.26 bits per heavy atom. The smallest absolute Gasteiger partial charge is 0.273 e. The number of amidine groups is 1. The molecule has 1 amide bonds. The summed E-state index contributed by atoms with van der Waals surface area (Å²) in [5, 5.41) is 10.6. The zero-order valence-electron chi connectivity index (χ0n) is 17.2. The number of rotatable bonds is 8. The topological polar surface area (TPSA) is 88.0 Å². The first-order valence-corrected chi connectivity index (χ1v) is 11.8. The Morgan fingerprint density at radius 2 is 2.10 bits per heavy atom. The first-order valence-electron chi connectivity index (χ1n) is 10.1. The van der Waals surface area contributed by atoms with Crippen LogP contribution in [0.25, 0.3) is 6.08 Å². The maximum atomic E-state index is 12.8. The van der Waals surface area contributed by atoms with Crippen LogP contribution in [0, 0.1) is 5.41 Å². The lowest BCUT2D eigenvalue weighted by Crippen LogP contribution is -2.38. The van der Waals surface area contributed by atoms with Gasteiger partial charge in [0.05, 0.1) is 24.7 Å². The number of nitrogens with one attached hydrogen (secondary N) is 1. The molecule has 1 aromatic heterocycles. The van der Waals surface area contributed by atoms with Gasteiger partial charge in [-0.1, -0.05) is 6.07 Å². The van der Waals surface area contributed by atoms with Crippen molar-refractivity contribution in [1.29, 1.82) is 5.41 Å². The lowest BCUT2D eigenvalue weighted by Gasteiger charge is -2.26. The Balaban J connectivity index is 1.45. The van der Waals surface area contributed by atoms with Crippen molar-refractivity contribution in [2.24, 2.45) is 0 Å². The summed E-state index contributed by atoms with van der Waals surface area (Å²) in [4.78, 5) is 21.0. The van der Waals surface area contributed by atoms with E-state index >= 15 is 0 Å². The lowest BCUT2D eigenvalue weighted by molar-refractivity contribution is -0.113. The summed E-state index contributed by atoms with van der Waals surface area (Å²) >= 11 is 2.46. The second-order valence-corrected chi connectivity index (χ2v) is 8.72. The lowest BCUT2D eigenvalue weighted by atomic mass is 10.2. The molecule has 4 rings (SSSR count). The van der Waals surface area contributed by atoms with Gasteiger partial charge in [0.15, 0.2) is 21.8 Å². The van der Waals surface area contributed by atoms with Gasteiger partial charge in [-0.15, -0.1) is 11.3 Å². The van der Waals surface area contributed by atoms with Gasteiger partial charge < -0.3 is 14.2 Å². The molecule has 0 spiro atoms. The average molecular weight is 461 g/mol. The number of carbonyl (C=O) groups excluding carboxylic acids is 1. The highest BCUT2D eigenvalue weighted by atomic mass is 32.2. The van der Waals surface area contributed by atoms with E-state index in [1.165, 1.54) is 16.2 Å². The SMILES string of the molecule is CCOc1cc(C=C2SC(=N)N(c3nccs3)C2=O)ccc1OCCN1CCOCC1. The third-order valence-corrected chi connectivity index (χ3v) is 6.41. The summed E-state index contributed by atoms with van der Waals surface area (Å²) in [6.07, 6.45) is 3.40. The van der Waals surface area contributed by atoms with Crippen molar-refractivity contribution in [2.45, 2.75) is 6.92 Å². The quantitative estimate of drug-likeness (QED) is 0.605. The Kier molecular flexibility index (Phi) is 7.23. The van der Waals surface area contributed by atoms with E-state index < -0.39 is 0 Å². The van der Waals surface area contributed by atoms with E-state index in [2.05, 4.69) is 9.88 Å². The largest absolute Gasteiger partial charge is 0.490 e. The number of anilines is 1. The summed E-state index contributed by atoms with van der Waals surface area (Å²) in [5.74, 6) is 1.08. The van der Waals surface area contributed by atoms with Crippen LogP contribution in [0.2, 0.25) is 0 Å². The zero-order chi connectivity index (χ0) is 21.6. The van der Waals surface area contributed by atoms with Crippen molar-refractivity contribution in [3.05, 3.63) is 40.2 Å². The fraction of sp³-hybridized carbons (Fsp3) is 0.381. The van der Waals surface area contributed by atoms with Crippen molar-refractivity contribution >= 4 is 45.4 Å². The van der Waals surface area contributed by atoms with Gasteiger partial charge in [-0.25, -0.2) is 9.88 Å². The van der Waals surface area contributed by atoms with Crippen LogP contribution in [0.5, 0.6) is 11.5 Å². The van der Waals surface area contributed by atoms with Gasteiger partial charge in [0.2, 0.25) is 0 Å². The van der Waals surface area contributed by atoms with Crippen LogP contribution in [0.3, 0.4) is 0 Å². The minimum atomic E-state index is -0.242. The van der Waals surface area contributed by atoms with E-state index in [-0.39, 0.29) is 11.1 Å². The molecule has 164 valence electrons. The second kappa shape index (κ2) is 10.3. The van der Waals surface area contributed by atoms with Crippen LogP contribution in [0.1, 0.15) is 12.5 Å². The van der Waals surface area contributed by atoms with Gasteiger partial charge in [-0.2, -0.15) is 0 Å². The van der Waals surface area contributed by atoms with Crippen molar-refractivity contribution in [1.82, 2.24) is 9.88 Å². The number of morpholine rings is 1. The molecule has 2 aromatic rings. The number of ether oxygens (including phenoxy) is 3. The van der Waals surface area contributed by atoms with E-state index in [9.17, 15) is 4.79 Å². The summed E-state index contributed by atoms with van der Waals surface area (Å²) in [7, 11) is 0. The molecule has 0 bridgehead atoms. The van der Waals surface area contributed by atoms with Gasteiger partial charge >= 0.3 is 0 Å². The number of aromatic nitrogens is 1. The molecular formula is C21H24N4O4S2. The van der Waals surface area contributed by atoms with Crippen LogP contribution < -0.4 is 14.4 Å². The molecule has 0 unspecified atom stereocenters. The maximum Gasteiger partial charge on any atom is 0.273 e. The Labute approximate surface area is 189 Å². The normalized spacial score (nSPS) is 18.7. The predicted octanol–water partition coefficient (Wildman–Crippen LogP) is 3.31. The van der Waals surface area contributed by atoms with Gasteiger partial charge in [-0.3, -0.25) is 15.1 Å². The van der Waals surface area contributed by atoms with Crippen LogP contribution in [-0.2, 0) is 9.53 Å². The molecule has 31 heavy (non-hydrogen) atoms. The highest BCUT2D eigenvalue weighted by molar-refractivity contribution is 8.19. The van der Waals surface area contributed by atoms with E-state index in [1.54, 1.807) is 17.7 Å². The molecule has 3 heterocycles. The molecule has 10 heteroatoms. The average Bonchev–Trinajstić information content (AvgIpc) is 3.38. The van der Waals surface area contributed by atoms with Crippen molar-refractivity contribution in [2.75, 3.05) is 51.0 Å². The van der Waals surface area contributed by atoms with Gasteiger partial charge in [0.1, 0.15) is 6.61 Å². The summed E-state index contributed by atoms with van der Waals surface area (Å²) in [5.41, 5.74) is 0.814. The number of thiazole rings is 1. The van der Waals surface area contributed by atoms with Gasteiger partial charge in [0, 0.05) is 31.2 Å². The Morgan fingerprint density at radius 3 is 2.84 bits per heavy atom. The van der Waals surface area contributed by atoms with Crippen LogP contribution in [0.4, 0.5) is 5.13 Å². The van der Waals surface area contributed by atoms with Crippen molar-refractivity contribution in [3.8, 4) is 11.5 Å². The monoisotopic (exact) mass is 460 g/mol. The van der Waals surface area contributed by atoms with Crippen LogP contribution >= 0.6 is 23.1 Å². The number of nitrogens with zero attached hydrogens (tertiary/aromatic N) is 3. The number of hydrogen-bond donors (Lipinski definition) is 1. The molecule has 2 saturated heterocycles. The fourth-order valence-corrected chi connectivity index (χ4v) is 4.80. The molecular weight excluding hydrogens is 436 g/mol. The van der Waals surface area contributed by atoms with E-state index in [4.69, 9.17) is 19.6 Å². The van der Waals surface area contributed by atoms with Crippen LogP contribution in [-0.4, -0.2) is 67.0 Å². The summed E-state index contributed by atoms with van der Waals surface area (Å²) in [6.45, 7) is 7.21. The van der Waals surface area contributed by atoms with Crippen molar-refractivity contribution in [3.63, 3.8) is 0 Å². The standard InChI is InChI=1S/C21H24N4O4S2/c1-2-28-17-13-15(3-4-16(17)29-11-8-24-6-9-27-10-7-24)14-18-19(26)25(20(22)31-18)21-23-5-12-30-21/h3-5,12-14,22H,2,6-11H2,1H3. The molecule has 0 radical (unpaired) electrons. The molecule has 1 N–H and O–H groups in total. The number of thioether (sulfide) groups is 1. The van der Waals surface area contributed by atoms with E-state index in [0.29, 0.717) is 34.7 Å². The Hall–Kier alpha value is -2.40. The third kappa shape index (κ3) is 5.27. The highest BCUT2D eigenvalue weighted by Crippen LogP contribution is 2.37. The molecule has 2 aliphatic heterocycles. The third-order valence-electron chi connectivity index (χ3n) is 4.77. The zero-order valence-corrected chi connectivity index (χ0v) is 18.8. The van der Waals surface area contributed by atoms with E-state index in [1.807, 2.05) is 25.1 Å². The number of hydrogen-bond acceptors (Lipinski definition) is 9. The molecule has 8 nitrogen and oxygen atoms in total. The molecule has 2 fully saturated rings. The van der Waals surface area contributed by atoms with Crippen molar-refractivity contribution < 1.29 is 19.0 Å². The molecule has 0 atom stereocenters. The summed E-state index contributed by atoms with van der Waals surface area (Å²) < 4.78 is 17.1. The molecule has 0 aliphatic carbocycles. The second-order valence-electron chi connectivity index (χ2n) is 6.81. The first kappa shape index (κ1) is 21.8. The number of amides is 1. The fourth-order valence-electron chi connectivity index (χ4n) is 3.25. The minimum absolute atomic E-state index is 0.152. The summed E-state index contributed by atoms with van der Waals surface area (Å²) in [6, 6.07) is 5.62. The minimum Gasteiger partial charge on any atom is -0.490 e. The first-order chi connectivity index (χ1) is 15.2. The number of carbonyl (C=O) groups is 1. The number of benzene rings is 1. The highest BCUT2D eigenvalue weighted by Gasteiger charge is 2.35. The molecule has 1 aromatic carbocycles.